The average molecular weight is 349 g/mol. The van der Waals surface area contributed by atoms with Crippen molar-refractivity contribution < 1.29 is 17.9 Å². The Bertz CT molecular complexity index is 770. The Morgan fingerprint density at radius 2 is 1.71 bits per heavy atom. The van der Waals surface area contributed by atoms with Crippen LogP contribution in [-0.4, -0.2) is 29.2 Å². The van der Waals surface area contributed by atoms with Gasteiger partial charge in [0.2, 0.25) is 10.0 Å². The number of hydrogen-bond acceptors (Lipinski definition) is 4. The lowest BCUT2D eigenvalue weighted by molar-refractivity contribution is 0.351. The number of benzene rings is 2. The lowest BCUT2D eigenvalue weighted by Gasteiger charge is -2.13. The number of para-hydroxylation sites is 1. The fraction of sp³-hybridized carbons (Fsp3) is 0.333. The van der Waals surface area contributed by atoms with Gasteiger partial charge in [-0.3, -0.25) is 0 Å². The molecule has 0 amide bonds. The zero-order valence-corrected chi connectivity index (χ0v) is 15.0. The first-order valence-corrected chi connectivity index (χ1v) is 9.28. The maximum atomic E-state index is 12.3. The lowest BCUT2D eigenvalue weighted by Crippen LogP contribution is -2.26. The van der Waals surface area contributed by atoms with Crippen LogP contribution in [0.2, 0.25) is 0 Å². The van der Waals surface area contributed by atoms with Crippen molar-refractivity contribution in [2.24, 2.45) is 0 Å². The highest BCUT2D eigenvalue weighted by Gasteiger charge is 2.14. The number of nitrogens with one attached hydrogen (secondary N) is 1. The van der Waals surface area contributed by atoms with Crippen LogP contribution in [0.25, 0.3) is 0 Å². The Hall–Kier alpha value is -2.05. The van der Waals surface area contributed by atoms with Gasteiger partial charge in [0.1, 0.15) is 0 Å². The van der Waals surface area contributed by atoms with Crippen LogP contribution in [0.4, 0.5) is 0 Å². The first-order valence-electron chi connectivity index (χ1n) is 7.80. The second-order valence-corrected chi connectivity index (χ2v) is 7.06. The molecule has 0 heterocycles. The van der Waals surface area contributed by atoms with Gasteiger partial charge in [-0.1, -0.05) is 31.2 Å². The highest BCUT2D eigenvalue weighted by molar-refractivity contribution is 7.89. The van der Waals surface area contributed by atoms with E-state index in [1.807, 2.05) is 37.3 Å². The Labute approximate surface area is 143 Å². The molecule has 0 saturated carbocycles. The van der Waals surface area contributed by atoms with Gasteiger partial charge in [-0.25, -0.2) is 13.1 Å². The van der Waals surface area contributed by atoms with E-state index >= 15 is 0 Å². The molecule has 6 heteroatoms. The van der Waals surface area contributed by atoms with Crippen LogP contribution in [0.5, 0.6) is 11.5 Å². The molecule has 0 aromatic heterocycles. The van der Waals surface area contributed by atoms with Gasteiger partial charge in [-0.05, 0) is 42.2 Å². The van der Waals surface area contributed by atoms with E-state index in [1.165, 1.54) is 0 Å². The average Bonchev–Trinajstić information content (AvgIpc) is 2.61. The van der Waals surface area contributed by atoms with E-state index in [2.05, 4.69) is 4.72 Å². The summed E-state index contributed by atoms with van der Waals surface area (Å²) in [5.41, 5.74) is 2.00. The van der Waals surface area contributed by atoms with E-state index in [0.717, 1.165) is 17.5 Å². The van der Waals surface area contributed by atoms with E-state index in [4.69, 9.17) is 9.47 Å². The molecule has 0 spiro atoms. The molecule has 2 aromatic rings. The summed E-state index contributed by atoms with van der Waals surface area (Å²) in [5.74, 6) is 1.26. The summed E-state index contributed by atoms with van der Waals surface area (Å²) in [6.45, 7) is 2.31. The summed E-state index contributed by atoms with van der Waals surface area (Å²) < 4.78 is 37.9. The minimum absolute atomic E-state index is 0.275. The number of methoxy groups -OCH3 is 2. The van der Waals surface area contributed by atoms with Crippen LogP contribution < -0.4 is 14.2 Å². The third kappa shape index (κ3) is 4.27. The van der Waals surface area contributed by atoms with Crippen molar-refractivity contribution in [1.29, 1.82) is 0 Å². The molecule has 24 heavy (non-hydrogen) atoms. The first-order chi connectivity index (χ1) is 11.5. The SMILES string of the molecule is CCc1ccc(S(=O)(=O)NCCc2cccc(OC)c2OC)cc1. The van der Waals surface area contributed by atoms with E-state index in [0.29, 0.717) is 17.9 Å². The summed E-state index contributed by atoms with van der Waals surface area (Å²) in [7, 11) is -0.369. The van der Waals surface area contributed by atoms with Crippen LogP contribution in [0.15, 0.2) is 47.4 Å². The van der Waals surface area contributed by atoms with Gasteiger partial charge in [0.15, 0.2) is 11.5 Å². The molecule has 0 atom stereocenters. The third-order valence-electron chi connectivity index (χ3n) is 3.81. The molecule has 0 fully saturated rings. The largest absolute Gasteiger partial charge is 0.493 e. The van der Waals surface area contributed by atoms with Crippen molar-refractivity contribution in [2.75, 3.05) is 20.8 Å². The molecule has 0 aliphatic rings. The summed E-state index contributed by atoms with van der Waals surface area (Å²) in [4.78, 5) is 0.275. The molecule has 0 bridgehead atoms. The van der Waals surface area contributed by atoms with Gasteiger partial charge in [0.25, 0.3) is 0 Å². The van der Waals surface area contributed by atoms with Crippen LogP contribution in [-0.2, 0) is 22.9 Å². The minimum atomic E-state index is -3.51. The van der Waals surface area contributed by atoms with Crippen LogP contribution in [0, 0.1) is 0 Å². The smallest absolute Gasteiger partial charge is 0.240 e. The van der Waals surface area contributed by atoms with Gasteiger partial charge in [-0.2, -0.15) is 0 Å². The van der Waals surface area contributed by atoms with Gasteiger partial charge in [0.05, 0.1) is 19.1 Å². The molecule has 1 N–H and O–H groups in total. The van der Waals surface area contributed by atoms with Gasteiger partial charge < -0.3 is 9.47 Å². The molecule has 0 saturated heterocycles. The molecule has 2 aromatic carbocycles. The van der Waals surface area contributed by atoms with E-state index in [9.17, 15) is 8.42 Å². The zero-order chi connectivity index (χ0) is 17.6. The fourth-order valence-electron chi connectivity index (χ4n) is 2.46. The zero-order valence-electron chi connectivity index (χ0n) is 14.2. The highest BCUT2D eigenvalue weighted by Crippen LogP contribution is 2.30. The predicted octanol–water partition coefficient (Wildman–Crippen LogP) is 2.79. The molecule has 0 aliphatic heterocycles. The monoisotopic (exact) mass is 349 g/mol. The molecule has 0 unspecified atom stereocenters. The maximum absolute atomic E-state index is 12.3. The molecule has 0 aliphatic carbocycles. The topological polar surface area (TPSA) is 64.6 Å². The van der Waals surface area contributed by atoms with E-state index in [1.54, 1.807) is 26.4 Å². The quantitative estimate of drug-likeness (QED) is 0.796. The second kappa shape index (κ2) is 8.17. The number of sulfonamides is 1. The van der Waals surface area contributed by atoms with Crippen molar-refractivity contribution in [2.45, 2.75) is 24.7 Å². The van der Waals surface area contributed by atoms with Crippen molar-refractivity contribution in [3.8, 4) is 11.5 Å². The van der Waals surface area contributed by atoms with Crippen LogP contribution in [0.1, 0.15) is 18.1 Å². The normalized spacial score (nSPS) is 11.3. The first kappa shape index (κ1) is 18.3. The number of aryl methyl sites for hydroxylation is 1. The van der Waals surface area contributed by atoms with Crippen LogP contribution in [0.3, 0.4) is 0 Å². The third-order valence-corrected chi connectivity index (χ3v) is 5.29. The molecular weight excluding hydrogens is 326 g/mol. The Balaban J connectivity index is 2.05. The summed E-state index contributed by atoms with van der Waals surface area (Å²) in [6.07, 6.45) is 1.38. The summed E-state index contributed by atoms with van der Waals surface area (Å²) in [6, 6.07) is 12.5. The number of ether oxygens (including phenoxy) is 2. The number of rotatable bonds is 8. The fourth-order valence-corrected chi connectivity index (χ4v) is 3.49. The molecule has 130 valence electrons. The van der Waals surface area contributed by atoms with Crippen molar-refractivity contribution >= 4 is 10.0 Å². The summed E-state index contributed by atoms with van der Waals surface area (Å²) in [5, 5.41) is 0. The summed E-state index contributed by atoms with van der Waals surface area (Å²) >= 11 is 0. The van der Waals surface area contributed by atoms with Crippen molar-refractivity contribution in [3.05, 3.63) is 53.6 Å². The van der Waals surface area contributed by atoms with Crippen molar-refractivity contribution in [3.63, 3.8) is 0 Å². The lowest BCUT2D eigenvalue weighted by atomic mass is 10.1. The van der Waals surface area contributed by atoms with Gasteiger partial charge in [0, 0.05) is 6.54 Å². The molecule has 5 nitrogen and oxygen atoms in total. The molecule has 0 radical (unpaired) electrons. The minimum Gasteiger partial charge on any atom is -0.493 e. The van der Waals surface area contributed by atoms with Gasteiger partial charge in [-0.15, -0.1) is 0 Å². The van der Waals surface area contributed by atoms with Gasteiger partial charge >= 0.3 is 0 Å². The Morgan fingerprint density at radius 1 is 1.00 bits per heavy atom. The Kier molecular flexibility index (Phi) is 6.23. The second-order valence-electron chi connectivity index (χ2n) is 5.30. The predicted molar refractivity (Wildman–Crippen MR) is 94.3 cm³/mol. The molecule has 2 rings (SSSR count). The standard InChI is InChI=1S/C18H23NO4S/c1-4-14-8-10-16(11-9-14)24(20,21)19-13-12-15-6-5-7-17(22-2)18(15)23-3/h5-11,19H,4,12-13H2,1-3H3. The van der Waals surface area contributed by atoms with Crippen LogP contribution >= 0.6 is 0 Å². The Morgan fingerprint density at radius 3 is 2.29 bits per heavy atom. The highest BCUT2D eigenvalue weighted by atomic mass is 32.2. The molecular formula is C18H23NO4S. The number of hydrogen-bond donors (Lipinski definition) is 1. The van der Waals surface area contributed by atoms with E-state index < -0.39 is 10.0 Å². The van der Waals surface area contributed by atoms with Crippen molar-refractivity contribution in [1.82, 2.24) is 4.72 Å². The maximum Gasteiger partial charge on any atom is 0.240 e. The van der Waals surface area contributed by atoms with E-state index in [-0.39, 0.29) is 11.4 Å².